The van der Waals surface area contributed by atoms with Crippen LogP contribution in [0.15, 0.2) is 18.2 Å². The summed E-state index contributed by atoms with van der Waals surface area (Å²) in [5, 5.41) is 13.7. The van der Waals surface area contributed by atoms with Gasteiger partial charge in [-0.2, -0.15) is 0 Å². The Morgan fingerprint density at radius 1 is 1.50 bits per heavy atom. The molecule has 4 heteroatoms. The van der Waals surface area contributed by atoms with Crippen LogP contribution in [0.2, 0.25) is 0 Å². The number of hydrogen-bond acceptors (Lipinski definition) is 4. The van der Waals surface area contributed by atoms with E-state index in [0.29, 0.717) is 18.6 Å². The largest absolute Gasteiger partial charge is 0.496 e. The first-order valence-corrected chi connectivity index (χ1v) is 7.26. The highest BCUT2D eigenvalue weighted by molar-refractivity contribution is 5.38. The van der Waals surface area contributed by atoms with Crippen LogP contribution in [0, 0.1) is 12.8 Å². The lowest BCUT2D eigenvalue weighted by molar-refractivity contribution is 0.103. The van der Waals surface area contributed by atoms with Gasteiger partial charge in [-0.3, -0.25) is 0 Å². The van der Waals surface area contributed by atoms with E-state index in [1.165, 1.54) is 0 Å². The summed E-state index contributed by atoms with van der Waals surface area (Å²) in [4.78, 5) is 0. The molecule has 0 aromatic heterocycles. The van der Waals surface area contributed by atoms with E-state index in [9.17, 15) is 5.11 Å². The lowest BCUT2D eigenvalue weighted by Crippen LogP contribution is -2.30. The van der Waals surface area contributed by atoms with Gasteiger partial charge in [0.05, 0.1) is 19.3 Å². The molecule has 2 N–H and O–H groups in total. The first kappa shape index (κ1) is 15.3. The van der Waals surface area contributed by atoms with Gasteiger partial charge in [-0.15, -0.1) is 0 Å². The number of rotatable bonds is 6. The van der Waals surface area contributed by atoms with E-state index in [-0.39, 0.29) is 0 Å². The Labute approximate surface area is 121 Å². The molecule has 1 aromatic rings. The van der Waals surface area contributed by atoms with Gasteiger partial charge < -0.3 is 19.9 Å². The third-order valence-electron chi connectivity index (χ3n) is 4.02. The molecule has 0 radical (unpaired) electrons. The number of ether oxygens (including phenoxy) is 2. The van der Waals surface area contributed by atoms with Crippen LogP contribution < -0.4 is 10.1 Å². The number of aliphatic hydroxyl groups is 1. The van der Waals surface area contributed by atoms with Crippen molar-refractivity contribution in [3.63, 3.8) is 0 Å². The van der Waals surface area contributed by atoms with E-state index in [1.807, 2.05) is 25.1 Å². The number of methoxy groups -OCH3 is 1. The first-order chi connectivity index (χ1) is 9.61. The Bertz CT molecular complexity index is 436. The average molecular weight is 279 g/mol. The van der Waals surface area contributed by atoms with Crippen LogP contribution in [-0.4, -0.2) is 38.0 Å². The monoisotopic (exact) mass is 279 g/mol. The molecule has 1 aliphatic rings. The predicted molar refractivity (Wildman–Crippen MR) is 79.1 cm³/mol. The minimum absolute atomic E-state index is 0.313. The van der Waals surface area contributed by atoms with Crippen LogP contribution in [0.3, 0.4) is 0 Å². The standard InChI is InChI=1S/C16H25NO3/c1-11-4-5-16(19-3)14(8-11)15(18)10-17-9-13-6-7-20-12(13)2/h4-5,8,12-13,15,17-18H,6-7,9-10H2,1-3H3. The second-order valence-electron chi connectivity index (χ2n) is 5.54. The molecule has 0 bridgehead atoms. The summed E-state index contributed by atoms with van der Waals surface area (Å²) in [6.45, 7) is 6.39. The second kappa shape index (κ2) is 7.07. The van der Waals surface area contributed by atoms with Gasteiger partial charge in [-0.1, -0.05) is 11.6 Å². The zero-order chi connectivity index (χ0) is 14.5. The molecule has 1 heterocycles. The zero-order valence-corrected chi connectivity index (χ0v) is 12.6. The molecule has 0 aliphatic carbocycles. The summed E-state index contributed by atoms with van der Waals surface area (Å²) in [6, 6.07) is 5.87. The van der Waals surface area contributed by atoms with Crippen LogP contribution in [-0.2, 0) is 4.74 Å². The molecule has 1 aromatic carbocycles. The lowest BCUT2D eigenvalue weighted by atomic mass is 10.0. The topological polar surface area (TPSA) is 50.7 Å². The Hall–Kier alpha value is -1.10. The number of hydrogen-bond donors (Lipinski definition) is 2. The van der Waals surface area contributed by atoms with Crippen molar-refractivity contribution in [2.45, 2.75) is 32.5 Å². The van der Waals surface area contributed by atoms with Crippen molar-refractivity contribution in [2.24, 2.45) is 5.92 Å². The summed E-state index contributed by atoms with van der Waals surface area (Å²) in [6.07, 6.45) is 0.855. The van der Waals surface area contributed by atoms with Crippen LogP contribution in [0.4, 0.5) is 0 Å². The number of benzene rings is 1. The molecular weight excluding hydrogens is 254 g/mol. The molecule has 1 fully saturated rings. The molecule has 20 heavy (non-hydrogen) atoms. The third-order valence-corrected chi connectivity index (χ3v) is 4.02. The van der Waals surface area contributed by atoms with Gasteiger partial charge in [0, 0.05) is 25.3 Å². The van der Waals surface area contributed by atoms with Gasteiger partial charge >= 0.3 is 0 Å². The van der Waals surface area contributed by atoms with E-state index in [2.05, 4.69) is 12.2 Å². The van der Waals surface area contributed by atoms with E-state index in [0.717, 1.165) is 36.4 Å². The van der Waals surface area contributed by atoms with Gasteiger partial charge in [0.15, 0.2) is 0 Å². The Morgan fingerprint density at radius 2 is 2.30 bits per heavy atom. The average Bonchev–Trinajstić information content (AvgIpc) is 2.84. The van der Waals surface area contributed by atoms with Gasteiger partial charge in [0.1, 0.15) is 5.75 Å². The number of aryl methyl sites for hydroxylation is 1. The van der Waals surface area contributed by atoms with Crippen molar-refractivity contribution < 1.29 is 14.6 Å². The van der Waals surface area contributed by atoms with Crippen molar-refractivity contribution in [2.75, 3.05) is 26.8 Å². The smallest absolute Gasteiger partial charge is 0.124 e. The Morgan fingerprint density at radius 3 is 2.95 bits per heavy atom. The Balaban J connectivity index is 1.88. The molecule has 0 saturated carbocycles. The van der Waals surface area contributed by atoms with Crippen LogP contribution >= 0.6 is 0 Å². The predicted octanol–water partition coefficient (Wildman–Crippen LogP) is 2.05. The van der Waals surface area contributed by atoms with Gasteiger partial charge in [0.2, 0.25) is 0 Å². The van der Waals surface area contributed by atoms with E-state index < -0.39 is 6.10 Å². The first-order valence-electron chi connectivity index (χ1n) is 7.26. The number of nitrogens with one attached hydrogen (secondary N) is 1. The molecule has 1 saturated heterocycles. The minimum atomic E-state index is -0.553. The highest BCUT2D eigenvalue weighted by Crippen LogP contribution is 2.26. The van der Waals surface area contributed by atoms with Crippen LogP contribution in [0.5, 0.6) is 5.75 Å². The van der Waals surface area contributed by atoms with E-state index >= 15 is 0 Å². The molecule has 112 valence electrons. The van der Waals surface area contributed by atoms with Crippen molar-refractivity contribution in [3.05, 3.63) is 29.3 Å². The lowest BCUT2D eigenvalue weighted by Gasteiger charge is -2.19. The molecular formula is C16H25NO3. The fourth-order valence-corrected chi connectivity index (χ4v) is 2.67. The molecule has 1 aliphatic heterocycles. The SMILES string of the molecule is COc1ccc(C)cc1C(O)CNCC1CCOC1C. The normalized spacial score (nSPS) is 23.8. The van der Waals surface area contributed by atoms with Crippen molar-refractivity contribution in [3.8, 4) is 5.75 Å². The molecule has 0 spiro atoms. The molecule has 3 unspecified atom stereocenters. The van der Waals surface area contributed by atoms with Crippen molar-refractivity contribution >= 4 is 0 Å². The minimum Gasteiger partial charge on any atom is -0.496 e. The quantitative estimate of drug-likeness (QED) is 0.837. The van der Waals surface area contributed by atoms with Gasteiger partial charge in [-0.25, -0.2) is 0 Å². The fourth-order valence-electron chi connectivity index (χ4n) is 2.67. The van der Waals surface area contributed by atoms with Crippen LogP contribution in [0.25, 0.3) is 0 Å². The molecule has 4 nitrogen and oxygen atoms in total. The summed E-state index contributed by atoms with van der Waals surface area (Å²) >= 11 is 0. The highest BCUT2D eigenvalue weighted by atomic mass is 16.5. The van der Waals surface area contributed by atoms with Crippen molar-refractivity contribution in [1.29, 1.82) is 0 Å². The van der Waals surface area contributed by atoms with Gasteiger partial charge in [-0.05, 0) is 38.3 Å². The van der Waals surface area contributed by atoms with E-state index in [1.54, 1.807) is 7.11 Å². The summed E-state index contributed by atoms with van der Waals surface area (Å²) in [7, 11) is 1.63. The zero-order valence-electron chi connectivity index (χ0n) is 12.6. The number of aliphatic hydroxyl groups excluding tert-OH is 1. The Kier molecular flexibility index (Phi) is 5.40. The molecule has 2 rings (SSSR count). The van der Waals surface area contributed by atoms with Gasteiger partial charge in [0.25, 0.3) is 0 Å². The second-order valence-corrected chi connectivity index (χ2v) is 5.54. The maximum atomic E-state index is 10.3. The molecule has 0 amide bonds. The molecule has 3 atom stereocenters. The third kappa shape index (κ3) is 3.72. The summed E-state index contributed by atoms with van der Waals surface area (Å²) in [5.74, 6) is 1.28. The maximum absolute atomic E-state index is 10.3. The van der Waals surface area contributed by atoms with E-state index in [4.69, 9.17) is 9.47 Å². The maximum Gasteiger partial charge on any atom is 0.124 e. The summed E-state index contributed by atoms with van der Waals surface area (Å²) in [5.41, 5.74) is 1.97. The highest BCUT2D eigenvalue weighted by Gasteiger charge is 2.24. The fraction of sp³-hybridized carbons (Fsp3) is 0.625. The van der Waals surface area contributed by atoms with Crippen molar-refractivity contribution in [1.82, 2.24) is 5.32 Å². The summed E-state index contributed by atoms with van der Waals surface area (Å²) < 4.78 is 10.8. The van der Waals surface area contributed by atoms with Crippen LogP contribution in [0.1, 0.15) is 30.6 Å².